The van der Waals surface area contributed by atoms with Crippen molar-refractivity contribution in [2.45, 2.75) is 0 Å². The molecule has 2 heterocycles. The molecule has 0 unspecified atom stereocenters. The van der Waals surface area contributed by atoms with E-state index in [2.05, 4.69) is 31.5 Å². The van der Waals surface area contributed by atoms with Crippen LogP contribution in [-0.4, -0.2) is 20.2 Å². The molecular weight excluding hydrogens is 360 g/mol. The van der Waals surface area contributed by atoms with Gasteiger partial charge in [0.2, 0.25) is 0 Å². The monoisotopic (exact) mass is 378 g/mol. The van der Waals surface area contributed by atoms with Gasteiger partial charge >= 0.3 is 0 Å². The van der Waals surface area contributed by atoms with Gasteiger partial charge in [0.05, 0.1) is 16.7 Å². The first-order chi connectivity index (χ1) is 14.3. The topological polar surface area (TPSA) is 92.5 Å². The number of nitrogens with zero attached hydrogens (tertiary/aromatic N) is 3. The van der Waals surface area contributed by atoms with Gasteiger partial charge in [0.1, 0.15) is 5.82 Å². The first-order valence-corrected chi connectivity index (χ1v) is 9.26. The number of hydrogen-bond acceptors (Lipinski definition) is 5. The van der Waals surface area contributed by atoms with Gasteiger partial charge in [0.15, 0.2) is 0 Å². The van der Waals surface area contributed by atoms with Gasteiger partial charge in [-0.05, 0) is 54.6 Å². The third-order valence-electron chi connectivity index (χ3n) is 4.71. The van der Waals surface area contributed by atoms with Crippen LogP contribution in [-0.2, 0) is 0 Å². The lowest BCUT2D eigenvalue weighted by atomic mass is 10.1. The number of nitrogens with one attached hydrogen (secondary N) is 2. The van der Waals surface area contributed by atoms with E-state index in [-0.39, 0.29) is 0 Å². The highest BCUT2D eigenvalue weighted by Gasteiger charge is 2.08. The van der Waals surface area contributed by atoms with Crippen LogP contribution < -0.4 is 11.1 Å². The summed E-state index contributed by atoms with van der Waals surface area (Å²) in [6.07, 6.45) is 1.64. The Kier molecular flexibility index (Phi) is 4.14. The summed E-state index contributed by atoms with van der Waals surface area (Å²) >= 11 is 0. The van der Waals surface area contributed by atoms with Crippen LogP contribution in [0.1, 0.15) is 0 Å². The molecule has 5 aromatic rings. The number of fused-ring (bicyclic) bond motifs is 1. The van der Waals surface area contributed by atoms with E-state index < -0.39 is 0 Å². The number of aromatic nitrogens is 4. The summed E-state index contributed by atoms with van der Waals surface area (Å²) in [5, 5.41) is 11.5. The summed E-state index contributed by atoms with van der Waals surface area (Å²) in [6.45, 7) is 0. The number of para-hydroxylation sites is 2. The van der Waals surface area contributed by atoms with Crippen LogP contribution in [0.25, 0.3) is 33.7 Å². The van der Waals surface area contributed by atoms with Crippen LogP contribution in [0.4, 0.5) is 17.1 Å². The number of rotatable bonds is 4. The molecule has 0 bridgehead atoms. The summed E-state index contributed by atoms with van der Waals surface area (Å²) in [6, 6.07) is 25.7. The van der Waals surface area contributed by atoms with Gasteiger partial charge in [-0.2, -0.15) is 10.2 Å². The molecule has 140 valence electrons. The average molecular weight is 378 g/mol. The molecule has 0 atom stereocenters. The van der Waals surface area contributed by atoms with Gasteiger partial charge in [0.25, 0.3) is 0 Å². The molecule has 2 aromatic heterocycles. The quantitative estimate of drug-likeness (QED) is 0.382. The minimum Gasteiger partial charge on any atom is -0.398 e. The van der Waals surface area contributed by atoms with Crippen molar-refractivity contribution in [2.24, 2.45) is 0 Å². The predicted molar refractivity (Wildman–Crippen MR) is 117 cm³/mol. The van der Waals surface area contributed by atoms with E-state index in [1.165, 1.54) is 0 Å². The first kappa shape index (κ1) is 16.9. The van der Waals surface area contributed by atoms with E-state index in [1.807, 2.05) is 72.8 Å². The molecule has 4 N–H and O–H groups in total. The molecule has 0 fully saturated rings. The van der Waals surface area contributed by atoms with Crippen LogP contribution in [0.15, 0.2) is 85.1 Å². The van der Waals surface area contributed by atoms with E-state index in [9.17, 15) is 0 Å². The van der Waals surface area contributed by atoms with Crippen LogP contribution in [0.3, 0.4) is 0 Å². The second-order valence-electron chi connectivity index (χ2n) is 6.72. The molecule has 6 nitrogen and oxygen atoms in total. The highest BCUT2D eigenvalue weighted by atomic mass is 15.1. The Morgan fingerprint density at radius 2 is 1.72 bits per heavy atom. The van der Waals surface area contributed by atoms with Gasteiger partial charge in [-0.1, -0.05) is 24.3 Å². The van der Waals surface area contributed by atoms with Crippen molar-refractivity contribution in [3.05, 3.63) is 85.1 Å². The zero-order chi connectivity index (χ0) is 19.6. The van der Waals surface area contributed by atoms with Gasteiger partial charge in [-0.25, -0.2) is 4.98 Å². The lowest BCUT2D eigenvalue weighted by Gasteiger charge is -2.11. The van der Waals surface area contributed by atoms with Crippen molar-refractivity contribution in [3.63, 3.8) is 0 Å². The number of imidazole rings is 1. The maximum atomic E-state index is 6.25. The highest BCUT2D eigenvalue weighted by Crippen LogP contribution is 2.29. The zero-order valence-electron chi connectivity index (χ0n) is 15.5. The standard InChI is InChI=1S/C23H18N6/c24-19-14-17(10-11-18(19)20-9-4-12-25-29-20)26-16-6-3-5-15(13-16)23-27-21-7-1-2-8-22(21)28-23/h1-14,26H,24H2,(H,27,28). The summed E-state index contributed by atoms with van der Waals surface area (Å²) in [7, 11) is 0. The Morgan fingerprint density at radius 3 is 2.55 bits per heavy atom. The Bertz CT molecular complexity index is 1260. The third kappa shape index (κ3) is 3.39. The molecule has 0 spiro atoms. The van der Waals surface area contributed by atoms with Crippen LogP contribution >= 0.6 is 0 Å². The van der Waals surface area contributed by atoms with E-state index in [1.54, 1.807) is 6.20 Å². The van der Waals surface area contributed by atoms with E-state index in [4.69, 9.17) is 5.73 Å². The fourth-order valence-electron chi connectivity index (χ4n) is 3.32. The summed E-state index contributed by atoms with van der Waals surface area (Å²) in [5.41, 5.74) is 13.3. The number of nitrogen functional groups attached to an aromatic ring is 1. The average Bonchev–Trinajstić information content (AvgIpc) is 3.19. The van der Waals surface area contributed by atoms with Gasteiger partial charge in [0, 0.05) is 34.4 Å². The normalized spacial score (nSPS) is 10.9. The van der Waals surface area contributed by atoms with Crippen LogP contribution in [0.2, 0.25) is 0 Å². The molecular formula is C23H18N6. The van der Waals surface area contributed by atoms with Gasteiger partial charge < -0.3 is 16.0 Å². The molecule has 0 aliphatic rings. The molecule has 0 amide bonds. The fourth-order valence-corrected chi connectivity index (χ4v) is 3.32. The van der Waals surface area contributed by atoms with Crippen molar-refractivity contribution in [2.75, 3.05) is 11.1 Å². The molecule has 0 aliphatic carbocycles. The molecule has 0 saturated heterocycles. The van der Waals surface area contributed by atoms with Crippen molar-refractivity contribution in [3.8, 4) is 22.6 Å². The summed E-state index contributed by atoms with van der Waals surface area (Å²) < 4.78 is 0. The largest absolute Gasteiger partial charge is 0.398 e. The third-order valence-corrected chi connectivity index (χ3v) is 4.71. The first-order valence-electron chi connectivity index (χ1n) is 9.26. The minimum atomic E-state index is 0.643. The van der Waals surface area contributed by atoms with E-state index in [0.717, 1.165) is 45.1 Å². The van der Waals surface area contributed by atoms with E-state index >= 15 is 0 Å². The Balaban J connectivity index is 1.42. The molecule has 6 heteroatoms. The van der Waals surface area contributed by atoms with Gasteiger partial charge in [-0.3, -0.25) is 0 Å². The highest BCUT2D eigenvalue weighted by molar-refractivity contribution is 5.81. The fraction of sp³-hybridized carbons (Fsp3) is 0. The SMILES string of the molecule is Nc1cc(Nc2cccc(-c3nc4ccccc4[nH]3)c2)ccc1-c1cccnn1. The lowest BCUT2D eigenvalue weighted by molar-refractivity contribution is 1.04. The maximum absolute atomic E-state index is 6.25. The van der Waals surface area contributed by atoms with Crippen molar-refractivity contribution < 1.29 is 0 Å². The number of H-pyrrole nitrogens is 1. The molecule has 29 heavy (non-hydrogen) atoms. The van der Waals surface area contributed by atoms with Crippen LogP contribution in [0.5, 0.6) is 0 Å². The maximum Gasteiger partial charge on any atom is 0.138 e. The number of aromatic amines is 1. The number of benzene rings is 3. The molecule has 0 aliphatic heterocycles. The van der Waals surface area contributed by atoms with Gasteiger partial charge in [-0.15, -0.1) is 0 Å². The number of hydrogen-bond donors (Lipinski definition) is 3. The Hall–Kier alpha value is -4.19. The molecule has 3 aromatic carbocycles. The van der Waals surface area contributed by atoms with Crippen molar-refractivity contribution in [1.82, 2.24) is 20.2 Å². The van der Waals surface area contributed by atoms with Crippen LogP contribution in [0, 0.1) is 0 Å². The molecule has 0 saturated carbocycles. The number of anilines is 3. The van der Waals surface area contributed by atoms with Crippen molar-refractivity contribution in [1.29, 1.82) is 0 Å². The lowest BCUT2D eigenvalue weighted by Crippen LogP contribution is -1.96. The Labute approximate surface area is 167 Å². The molecule has 5 rings (SSSR count). The smallest absolute Gasteiger partial charge is 0.138 e. The minimum absolute atomic E-state index is 0.643. The second-order valence-corrected chi connectivity index (χ2v) is 6.72. The second kappa shape index (κ2) is 7.09. The van der Waals surface area contributed by atoms with Crippen molar-refractivity contribution >= 4 is 28.1 Å². The predicted octanol–water partition coefficient (Wildman–Crippen LogP) is 5.01. The van der Waals surface area contributed by atoms with E-state index in [0.29, 0.717) is 5.69 Å². The molecule has 0 radical (unpaired) electrons. The number of nitrogens with two attached hydrogens (primary N) is 1. The summed E-state index contributed by atoms with van der Waals surface area (Å²) in [4.78, 5) is 8.04. The zero-order valence-corrected chi connectivity index (χ0v) is 15.5. The summed E-state index contributed by atoms with van der Waals surface area (Å²) in [5.74, 6) is 0.840. The Morgan fingerprint density at radius 1 is 0.828 bits per heavy atom.